The molecule has 8 nitrogen and oxygen atoms in total. The number of ketones is 1. The highest BCUT2D eigenvalue weighted by molar-refractivity contribution is 7.89. The van der Waals surface area contributed by atoms with Crippen LogP contribution in [0.5, 0.6) is 0 Å². The fraction of sp³-hybridized carbons (Fsp3) is 0.263. The van der Waals surface area contributed by atoms with E-state index in [1.54, 1.807) is 31.2 Å². The lowest BCUT2D eigenvalue weighted by Crippen LogP contribution is -2.42. The highest BCUT2D eigenvalue weighted by atomic mass is 35.5. The number of aromatic nitrogens is 4. The van der Waals surface area contributed by atoms with Crippen molar-refractivity contribution in [1.82, 2.24) is 24.9 Å². The molecule has 1 heterocycles. The second-order valence-corrected chi connectivity index (χ2v) is 9.58. The average molecular weight is 503 g/mol. The first-order valence-corrected chi connectivity index (χ1v) is 11.8. The summed E-state index contributed by atoms with van der Waals surface area (Å²) in [5.74, 6) is -0.0804. The van der Waals surface area contributed by atoms with Gasteiger partial charge in [-0.2, -0.15) is 4.80 Å². The zero-order valence-electron chi connectivity index (χ0n) is 16.3. The number of tetrazole rings is 1. The Labute approximate surface area is 194 Å². The van der Waals surface area contributed by atoms with Gasteiger partial charge in [0.25, 0.3) is 0 Å². The van der Waals surface area contributed by atoms with Crippen LogP contribution in [-0.2, 0) is 27.8 Å². The Morgan fingerprint density at radius 2 is 1.81 bits per heavy atom. The van der Waals surface area contributed by atoms with Crippen molar-refractivity contribution in [3.8, 4) is 0 Å². The molecule has 0 amide bonds. The van der Waals surface area contributed by atoms with E-state index in [1.807, 2.05) is 0 Å². The SMILES string of the molecule is CCC(NS(=O)(=O)c1cccc(Cl)c1)C(=O)Cn1nnc(Cc2c(Cl)cccc2Cl)n1. The minimum Gasteiger partial charge on any atom is -0.296 e. The minimum atomic E-state index is -3.93. The number of Topliss-reactive ketones (excluding diaryl/α,β-unsaturated/α-hetero) is 1. The second-order valence-electron chi connectivity index (χ2n) is 6.62. The summed E-state index contributed by atoms with van der Waals surface area (Å²) in [6, 6.07) is 9.97. The topological polar surface area (TPSA) is 107 Å². The second kappa shape index (κ2) is 10.1. The van der Waals surface area contributed by atoms with Crippen molar-refractivity contribution < 1.29 is 13.2 Å². The third kappa shape index (κ3) is 6.02. The molecule has 0 saturated heterocycles. The molecule has 1 unspecified atom stereocenters. The molecule has 31 heavy (non-hydrogen) atoms. The van der Waals surface area contributed by atoms with Crippen molar-refractivity contribution >= 4 is 50.6 Å². The number of rotatable bonds is 9. The highest BCUT2D eigenvalue weighted by Gasteiger charge is 2.25. The fourth-order valence-corrected chi connectivity index (χ4v) is 4.92. The lowest BCUT2D eigenvalue weighted by Gasteiger charge is -2.15. The van der Waals surface area contributed by atoms with E-state index < -0.39 is 21.8 Å². The van der Waals surface area contributed by atoms with Crippen molar-refractivity contribution in [2.24, 2.45) is 0 Å². The molecule has 0 bridgehead atoms. The number of carbonyl (C=O) groups is 1. The van der Waals surface area contributed by atoms with Crippen LogP contribution in [0.15, 0.2) is 47.4 Å². The van der Waals surface area contributed by atoms with Gasteiger partial charge in [0.15, 0.2) is 11.6 Å². The van der Waals surface area contributed by atoms with Gasteiger partial charge in [-0.25, -0.2) is 13.1 Å². The number of hydrogen-bond donors (Lipinski definition) is 1. The van der Waals surface area contributed by atoms with Crippen molar-refractivity contribution in [2.75, 3.05) is 0 Å². The molecule has 1 atom stereocenters. The Bertz CT molecular complexity index is 1180. The van der Waals surface area contributed by atoms with E-state index in [4.69, 9.17) is 34.8 Å². The highest BCUT2D eigenvalue weighted by Crippen LogP contribution is 2.25. The molecule has 1 N–H and O–H groups in total. The molecule has 3 aromatic rings. The minimum absolute atomic E-state index is 0.0240. The zero-order chi connectivity index (χ0) is 22.6. The third-order valence-electron chi connectivity index (χ3n) is 4.39. The third-order valence-corrected chi connectivity index (χ3v) is 6.80. The fourth-order valence-electron chi connectivity index (χ4n) is 2.79. The number of nitrogens with zero attached hydrogens (tertiary/aromatic N) is 4. The van der Waals surface area contributed by atoms with Crippen molar-refractivity contribution in [1.29, 1.82) is 0 Å². The summed E-state index contributed by atoms with van der Waals surface area (Å²) in [6.07, 6.45) is 0.487. The van der Waals surface area contributed by atoms with Gasteiger partial charge in [-0.3, -0.25) is 4.79 Å². The molecule has 0 aliphatic carbocycles. The van der Waals surface area contributed by atoms with Gasteiger partial charge in [-0.05, 0) is 47.5 Å². The lowest BCUT2D eigenvalue weighted by molar-refractivity contribution is -0.121. The Balaban J connectivity index is 1.69. The van der Waals surface area contributed by atoms with Crippen LogP contribution in [0.1, 0.15) is 24.7 Å². The summed E-state index contributed by atoms with van der Waals surface area (Å²) in [5.41, 5.74) is 0.650. The zero-order valence-corrected chi connectivity index (χ0v) is 19.4. The summed E-state index contributed by atoms with van der Waals surface area (Å²) < 4.78 is 27.6. The summed E-state index contributed by atoms with van der Waals surface area (Å²) in [7, 11) is -3.93. The predicted molar refractivity (Wildman–Crippen MR) is 118 cm³/mol. The molecule has 0 radical (unpaired) electrons. The number of nitrogens with one attached hydrogen (secondary N) is 1. The summed E-state index contributed by atoms with van der Waals surface area (Å²) in [6.45, 7) is 1.45. The molecule has 2 aromatic carbocycles. The van der Waals surface area contributed by atoms with E-state index in [2.05, 4.69) is 20.1 Å². The molecule has 3 rings (SSSR count). The largest absolute Gasteiger partial charge is 0.296 e. The van der Waals surface area contributed by atoms with Crippen LogP contribution in [0.25, 0.3) is 0 Å². The van der Waals surface area contributed by atoms with Crippen LogP contribution in [0.3, 0.4) is 0 Å². The van der Waals surface area contributed by atoms with Crippen LogP contribution in [-0.4, -0.2) is 40.5 Å². The summed E-state index contributed by atoms with van der Waals surface area (Å²) in [4.78, 5) is 13.8. The monoisotopic (exact) mass is 501 g/mol. The first-order valence-electron chi connectivity index (χ1n) is 9.19. The summed E-state index contributed by atoms with van der Waals surface area (Å²) in [5, 5.41) is 13.2. The Morgan fingerprint density at radius 1 is 1.13 bits per heavy atom. The van der Waals surface area contributed by atoms with Crippen molar-refractivity contribution in [2.45, 2.75) is 37.2 Å². The van der Waals surface area contributed by atoms with Gasteiger partial charge in [0.1, 0.15) is 6.54 Å². The van der Waals surface area contributed by atoms with Crippen LogP contribution in [0.4, 0.5) is 0 Å². The quantitative estimate of drug-likeness (QED) is 0.479. The van der Waals surface area contributed by atoms with Gasteiger partial charge in [0.2, 0.25) is 10.0 Å². The molecule has 1 aromatic heterocycles. The number of hydrogen-bond acceptors (Lipinski definition) is 6. The van der Waals surface area contributed by atoms with Gasteiger partial charge in [-0.15, -0.1) is 10.2 Å². The Hall–Kier alpha value is -2.04. The number of sulfonamides is 1. The average Bonchev–Trinajstić information content (AvgIpc) is 3.16. The smallest absolute Gasteiger partial charge is 0.241 e. The molecular weight excluding hydrogens is 485 g/mol. The van der Waals surface area contributed by atoms with E-state index in [9.17, 15) is 13.2 Å². The molecule has 0 aliphatic heterocycles. The predicted octanol–water partition coefficient (Wildman–Crippen LogP) is 3.55. The Kier molecular flexibility index (Phi) is 7.66. The van der Waals surface area contributed by atoms with Gasteiger partial charge in [-0.1, -0.05) is 53.9 Å². The number of carbonyl (C=O) groups excluding carboxylic acids is 1. The van der Waals surface area contributed by atoms with E-state index >= 15 is 0 Å². The van der Waals surface area contributed by atoms with Crippen LogP contribution in [0.2, 0.25) is 15.1 Å². The van der Waals surface area contributed by atoms with Gasteiger partial charge in [0, 0.05) is 21.5 Å². The molecule has 0 spiro atoms. The molecule has 0 fully saturated rings. The van der Waals surface area contributed by atoms with E-state index in [-0.39, 0.29) is 29.3 Å². The molecule has 164 valence electrons. The van der Waals surface area contributed by atoms with Gasteiger partial charge >= 0.3 is 0 Å². The van der Waals surface area contributed by atoms with E-state index in [1.165, 1.54) is 18.2 Å². The normalized spacial score (nSPS) is 12.6. The summed E-state index contributed by atoms with van der Waals surface area (Å²) >= 11 is 18.2. The maximum atomic E-state index is 12.7. The molecule has 12 heteroatoms. The maximum absolute atomic E-state index is 12.7. The number of benzene rings is 2. The van der Waals surface area contributed by atoms with Gasteiger partial charge in [0.05, 0.1) is 10.9 Å². The van der Waals surface area contributed by atoms with Gasteiger partial charge < -0.3 is 0 Å². The van der Waals surface area contributed by atoms with Crippen LogP contribution < -0.4 is 4.72 Å². The molecule has 0 saturated carbocycles. The van der Waals surface area contributed by atoms with Crippen molar-refractivity contribution in [3.63, 3.8) is 0 Å². The van der Waals surface area contributed by atoms with Crippen molar-refractivity contribution in [3.05, 3.63) is 68.9 Å². The van der Waals surface area contributed by atoms with E-state index in [0.717, 1.165) is 4.80 Å². The molecular formula is C19H18Cl3N5O3S. The Morgan fingerprint density at radius 3 is 2.45 bits per heavy atom. The number of halogens is 3. The first kappa shape index (κ1) is 23.6. The maximum Gasteiger partial charge on any atom is 0.241 e. The standard InChI is InChI=1S/C19H18Cl3N5O3S/c1-2-17(25-31(29,30)13-6-3-5-12(20)9-13)18(28)11-27-24-19(23-26-27)10-14-15(21)7-4-8-16(14)22/h3-9,17,25H,2,10-11H2,1H3. The molecule has 0 aliphatic rings. The van der Waals surface area contributed by atoms with Crippen LogP contribution in [0, 0.1) is 0 Å². The first-order chi connectivity index (χ1) is 14.7. The van der Waals surface area contributed by atoms with E-state index in [0.29, 0.717) is 21.4 Å². The van der Waals surface area contributed by atoms with Crippen LogP contribution >= 0.6 is 34.8 Å². The lowest BCUT2D eigenvalue weighted by atomic mass is 10.1.